The van der Waals surface area contributed by atoms with Crippen LogP contribution in [-0.4, -0.2) is 57.4 Å². The van der Waals surface area contributed by atoms with Gasteiger partial charge in [-0.3, -0.25) is 0 Å². The topological polar surface area (TPSA) is 30.9 Å². The van der Waals surface area contributed by atoms with Crippen molar-refractivity contribution >= 4 is 25.3 Å². The van der Waals surface area contributed by atoms with Crippen molar-refractivity contribution in [1.82, 2.24) is 4.23 Å². The van der Waals surface area contributed by atoms with Crippen LogP contribution in [0.2, 0.25) is 45.3 Å². The molecule has 0 aliphatic carbocycles. The lowest BCUT2D eigenvalue weighted by molar-refractivity contribution is 0.122. The molecule has 4 nitrogen and oxygen atoms in total. The van der Waals surface area contributed by atoms with Crippen LogP contribution in [0.1, 0.15) is 6.42 Å². The van der Waals surface area contributed by atoms with Crippen molar-refractivity contribution in [1.29, 1.82) is 0 Å². The quantitative estimate of drug-likeness (QED) is 0.610. The lowest BCUT2D eigenvalue weighted by Gasteiger charge is -2.44. The zero-order valence-corrected chi connectivity index (χ0v) is 17.3. The van der Waals surface area contributed by atoms with Crippen LogP contribution in [0.4, 0.5) is 0 Å². The van der Waals surface area contributed by atoms with Gasteiger partial charge in [0.25, 0.3) is 0 Å². The first-order valence-electron chi connectivity index (χ1n) is 6.95. The number of hydrogen-bond donors (Lipinski definition) is 0. The van der Waals surface area contributed by atoms with Crippen LogP contribution in [0, 0.1) is 0 Å². The van der Waals surface area contributed by atoms with Crippen LogP contribution >= 0.6 is 0 Å². The number of nitrogens with zero attached hydrogens (tertiary/aromatic N) is 1. The highest BCUT2D eigenvalue weighted by Gasteiger charge is 2.39. The van der Waals surface area contributed by atoms with E-state index in [-0.39, 0.29) is 0 Å². The molecule has 0 amide bonds. The van der Waals surface area contributed by atoms with Gasteiger partial charge in [-0.15, -0.1) is 0 Å². The third-order valence-corrected chi connectivity index (χ3v) is 14.0. The van der Waals surface area contributed by atoms with Crippen molar-refractivity contribution in [2.45, 2.75) is 51.7 Å². The molecule has 0 atom stereocenters. The van der Waals surface area contributed by atoms with E-state index in [2.05, 4.69) is 43.5 Å². The van der Waals surface area contributed by atoms with Gasteiger partial charge < -0.3 is 17.5 Å². The number of rotatable bonds is 9. The fraction of sp³-hybridized carbons (Fsp3) is 1.00. The first-order chi connectivity index (χ1) is 8.52. The van der Waals surface area contributed by atoms with Crippen molar-refractivity contribution in [3.05, 3.63) is 0 Å². The summed E-state index contributed by atoms with van der Waals surface area (Å²) < 4.78 is 19.3. The SMILES string of the molecule is CO[Si](CCCN([Si](C)(C)C)[Si](C)(C)C)(OC)OC. The van der Waals surface area contributed by atoms with E-state index in [1.54, 1.807) is 21.3 Å². The van der Waals surface area contributed by atoms with Gasteiger partial charge in [0.2, 0.25) is 0 Å². The molecule has 0 bridgehead atoms. The molecule has 7 heteroatoms. The maximum atomic E-state index is 5.49. The normalized spacial score (nSPS) is 14.2. The second kappa shape index (κ2) is 7.49. The molecule has 0 radical (unpaired) electrons. The Labute approximate surface area is 123 Å². The van der Waals surface area contributed by atoms with Gasteiger partial charge in [0.1, 0.15) is 16.5 Å². The molecule has 0 saturated heterocycles. The average Bonchev–Trinajstić information content (AvgIpc) is 2.27. The molecule has 19 heavy (non-hydrogen) atoms. The van der Waals surface area contributed by atoms with Gasteiger partial charge in [0, 0.05) is 27.4 Å². The molecule has 116 valence electrons. The highest BCUT2D eigenvalue weighted by molar-refractivity contribution is 6.89. The summed E-state index contributed by atoms with van der Waals surface area (Å²) in [4.78, 5) is 0. The Balaban J connectivity index is 4.59. The highest BCUT2D eigenvalue weighted by atomic mass is 28.4. The van der Waals surface area contributed by atoms with E-state index in [9.17, 15) is 0 Å². The first kappa shape index (κ1) is 19.5. The Morgan fingerprint density at radius 3 is 1.37 bits per heavy atom. The van der Waals surface area contributed by atoms with Gasteiger partial charge >= 0.3 is 8.80 Å². The molecular weight excluding hydrogens is 290 g/mol. The fourth-order valence-corrected chi connectivity index (χ4v) is 14.1. The third kappa shape index (κ3) is 6.19. The second-order valence-electron chi connectivity index (χ2n) is 6.89. The molecule has 0 N–H and O–H groups in total. The van der Waals surface area contributed by atoms with E-state index >= 15 is 0 Å². The van der Waals surface area contributed by atoms with E-state index in [0.29, 0.717) is 0 Å². The van der Waals surface area contributed by atoms with Gasteiger partial charge in [-0.2, -0.15) is 0 Å². The molecule has 0 saturated carbocycles. The maximum absolute atomic E-state index is 5.49. The van der Waals surface area contributed by atoms with E-state index in [0.717, 1.165) is 19.0 Å². The minimum atomic E-state index is -2.40. The predicted molar refractivity (Wildman–Crippen MR) is 89.6 cm³/mol. The molecule has 0 unspecified atom stereocenters. The standard InChI is InChI=1S/C12H33NO3Si3/c1-14-19(15-2,16-3)12-10-11-13(17(4,5)6)18(7,8)9/h10-12H2,1-9H3. The fourth-order valence-electron chi connectivity index (χ4n) is 2.69. The van der Waals surface area contributed by atoms with Crippen LogP contribution in [0.3, 0.4) is 0 Å². The van der Waals surface area contributed by atoms with Crippen molar-refractivity contribution < 1.29 is 13.3 Å². The highest BCUT2D eigenvalue weighted by Crippen LogP contribution is 2.22. The minimum Gasteiger partial charge on any atom is -0.377 e. The van der Waals surface area contributed by atoms with Crippen LogP contribution < -0.4 is 0 Å². The van der Waals surface area contributed by atoms with Gasteiger partial charge in [0.15, 0.2) is 0 Å². The zero-order valence-electron chi connectivity index (χ0n) is 14.3. The Morgan fingerprint density at radius 2 is 1.11 bits per heavy atom. The summed E-state index contributed by atoms with van der Waals surface area (Å²) in [7, 11) is 0.145. The molecule has 0 aromatic heterocycles. The first-order valence-corrected chi connectivity index (χ1v) is 15.8. The molecule has 0 fully saturated rings. The summed E-state index contributed by atoms with van der Waals surface area (Å²) in [5.41, 5.74) is 0. The molecule has 0 spiro atoms. The Morgan fingerprint density at radius 1 is 0.737 bits per heavy atom. The van der Waals surface area contributed by atoms with E-state index in [4.69, 9.17) is 13.3 Å². The molecule has 0 heterocycles. The molecular formula is C12H33NO3Si3. The summed E-state index contributed by atoms with van der Waals surface area (Å²) in [5, 5.41) is 0. The van der Waals surface area contributed by atoms with Crippen molar-refractivity contribution in [3.63, 3.8) is 0 Å². The summed E-state index contributed by atoms with van der Waals surface area (Å²) in [6.07, 6.45) is 1.08. The van der Waals surface area contributed by atoms with Crippen LogP contribution in [0.5, 0.6) is 0 Å². The Hall–Kier alpha value is 0.491. The van der Waals surface area contributed by atoms with Crippen LogP contribution in [-0.2, 0) is 13.3 Å². The van der Waals surface area contributed by atoms with Crippen molar-refractivity contribution in [3.8, 4) is 0 Å². The largest absolute Gasteiger partial charge is 0.500 e. The number of hydrogen-bond acceptors (Lipinski definition) is 4. The Kier molecular flexibility index (Phi) is 7.68. The van der Waals surface area contributed by atoms with Crippen LogP contribution in [0.15, 0.2) is 0 Å². The summed E-state index contributed by atoms with van der Waals surface area (Å²) in [6.45, 7) is 15.7. The third-order valence-electron chi connectivity index (χ3n) is 3.42. The lowest BCUT2D eigenvalue weighted by Crippen LogP contribution is -2.59. The average molecular weight is 324 g/mol. The van der Waals surface area contributed by atoms with Crippen molar-refractivity contribution in [2.24, 2.45) is 0 Å². The van der Waals surface area contributed by atoms with Gasteiger partial charge in [-0.25, -0.2) is 0 Å². The lowest BCUT2D eigenvalue weighted by atomic mass is 10.5. The molecule has 0 aromatic carbocycles. The molecule has 0 rings (SSSR count). The molecule has 0 aliphatic heterocycles. The van der Waals surface area contributed by atoms with Gasteiger partial charge in [-0.1, -0.05) is 39.3 Å². The zero-order chi connectivity index (χ0) is 15.3. The molecule has 0 aliphatic rings. The summed E-state index contributed by atoms with van der Waals surface area (Å²) in [6, 6.07) is 0.891. The summed E-state index contributed by atoms with van der Waals surface area (Å²) in [5.74, 6) is 0. The van der Waals surface area contributed by atoms with Gasteiger partial charge in [0.05, 0.1) is 0 Å². The van der Waals surface area contributed by atoms with E-state index in [1.165, 1.54) is 0 Å². The minimum absolute atomic E-state index is 0.891. The van der Waals surface area contributed by atoms with Crippen molar-refractivity contribution in [2.75, 3.05) is 27.9 Å². The monoisotopic (exact) mass is 323 g/mol. The second-order valence-corrected chi connectivity index (χ2v) is 20.2. The molecule has 0 aromatic rings. The Bertz CT molecular complexity index is 238. The van der Waals surface area contributed by atoms with E-state index in [1.807, 2.05) is 0 Å². The summed E-state index contributed by atoms with van der Waals surface area (Å²) >= 11 is 0. The smallest absolute Gasteiger partial charge is 0.377 e. The maximum Gasteiger partial charge on any atom is 0.500 e. The van der Waals surface area contributed by atoms with E-state index < -0.39 is 25.3 Å². The van der Waals surface area contributed by atoms with Crippen LogP contribution in [0.25, 0.3) is 0 Å². The van der Waals surface area contributed by atoms with Gasteiger partial charge in [-0.05, 0) is 13.0 Å². The predicted octanol–water partition coefficient (Wildman–Crippen LogP) is 3.23.